The molecule has 1 atom stereocenters. The molecule has 29 heavy (non-hydrogen) atoms. The summed E-state index contributed by atoms with van der Waals surface area (Å²) < 4.78 is 0. The van der Waals surface area contributed by atoms with Crippen molar-refractivity contribution in [2.75, 3.05) is 31.1 Å². The summed E-state index contributed by atoms with van der Waals surface area (Å²) in [4.78, 5) is 43.3. The lowest BCUT2D eigenvalue weighted by Crippen LogP contribution is -2.47. The molecule has 1 aromatic rings. The van der Waals surface area contributed by atoms with E-state index < -0.39 is 0 Å². The maximum Gasteiger partial charge on any atom is 0.294 e. The first-order valence-corrected chi connectivity index (χ1v) is 11.2. The van der Waals surface area contributed by atoms with Gasteiger partial charge in [0, 0.05) is 31.4 Å². The number of carbonyl (C=O) groups excluding carboxylic acids is 3. The first-order valence-electron chi connectivity index (χ1n) is 10.4. The highest BCUT2D eigenvalue weighted by molar-refractivity contribution is 8.18. The second-order valence-electron chi connectivity index (χ2n) is 7.99. The largest absolute Gasteiger partial charge is 0.372 e. The smallest absolute Gasteiger partial charge is 0.294 e. The van der Waals surface area contributed by atoms with Crippen LogP contribution in [0.15, 0.2) is 29.2 Å². The maximum atomic E-state index is 12.7. The van der Waals surface area contributed by atoms with Gasteiger partial charge in [0.1, 0.15) is 6.54 Å². The van der Waals surface area contributed by atoms with Crippen molar-refractivity contribution in [1.82, 2.24) is 9.80 Å². The van der Waals surface area contributed by atoms with Crippen LogP contribution in [0.25, 0.3) is 6.08 Å². The molecule has 0 saturated carbocycles. The number of rotatable bonds is 4. The molecule has 3 aliphatic heterocycles. The summed E-state index contributed by atoms with van der Waals surface area (Å²) in [5, 5.41) is -0.368. The van der Waals surface area contributed by atoms with Crippen molar-refractivity contribution in [3.63, 3.8) is 0 Å². The van der Waals surface area contributed by atoms with Gasteiger partial charge < -0.3 is 9.80 Å². The van der Waals surface area contributed by atoms with Gasteiger partial charge in [-0.25, -0.2) is 0 Å². The monoisotopic (exact) mass is 413 g/mol. The summed E-state index contributed by atoms with van der Waals surface area (Å²) >= 11 is 0.913. The summed E-state index contributed by atoms with van der Waals surface area (Å²) in [6.07, 6.45) is 7.26. The van der Waals surface area contributed by atoms with Crippen LogP contribution < -0.4 is 4.90 Å². The van der Waals surface area contributed by atoms with Gasteiger partial charge in [0.2, 0.25) is 5.91 Å². The Bertz CT molecular complexity index is 830. The molecular formula is C22H27N3O3S. The van der Waals surface area contributed by atoms with Crippen molar-refractivity contribution in [3.05, 3.63) is 34.7 Å². The topological polar surface area (TPSA) is 60.9 Å². The molecule has 3 amide bonds. The van der Waals surface area contributed by atoms with Crippen LogP contribution in [0.4, 0.5) is 10.5 Å². The summed E-state index contributed by atoms with van der Waals surface area (Å²) in [5.74, 6) is -0.516. The summed E-state index contributed by atoms with van der Waals surface area (Å²) in [7, 11) is 0. The molecule has 154 valence electrons. The average molecular weight is 414 g/mol. The number of piperidine rings is 1. The van der Waals surface area contributed by atoms with Crippen LogP contribution in [0.1, 0.15) is 44.6 Å². The van der Waals surface area contributed by atoms with Gasteiger partial charge in [-0.1, -0.05) is 12.1 Å². The van der Waals surface area contributed by atoms with E-state index in [0.717, 1.165) is 54.6 Å². The first-order chi connectivity index (χ1) is 14.0. The summed E-state index contributed by atoms with van der Waals surface area (Å²) in [6.45, 7) is 4.73. The molecule has 0 radical (unpaired) electrons. The van der Waals surface area contributed by atoms with Crippen molar-refractivity contribution >= 4 is 40.6 Å². The third kappa shape index (κ3) is 4.34. The van der Waals surface area contributed by atoms with Crippen LogP contribution in [-0.2, 0) is 9.59 Å². The Morgan fingerprint density at radius 2 is 1.76 bits per heavy atom. The number of carbonyl (C=O) groups is 3. The number of anilines is 1. The lowest BCUT2D eigenvalue weighted by Gasteiger charge is -2.34. The van der Waals surface area contributed by atoms with Gasteiger partial charge in [-0.3, -0.25) is 19.3 Å². The van der Waals surface area contributed by atoms with E-state index in [0.29, 0.717) is 11.4 Å². The van der Waals surface area contributed by atoms with Gasteiger partial charge >= 0.3 is 0 Å². The zero-order chi connectivity index (χ0) is 20.4. The van der Waals surface area contributed by atoms with Crippen LogP contribution in [-0.4, -0.2) is 59.1 Å². The van der Waals surface area contributed by atoms with E-state index in [1.165, 1.54) is 18.5 Å². The normalized spacial score (nSPS) is 24.1. The lowest BCUT2D eigenvalue weighted by atomic mass is 10.0. The highest BCUT2D eigenvalue weighted by Crippen LogP contribution is 2.33. The molecule has 4 rings (SSSR count). The minimum Gasteiger partial charge on any atom is -0.372 e. The fourth-order valence-electron chi connectivity index (χ4n) is 4.24. The molecule has 3 fully saturated rings. The van der Waals surface area contributed by atoms with E-state index in [1.807, 2.05) is 19.1 Å². The Labute approximate surface area is 175 Å². The third-order valence-electron chi connectivity index (χ3n) is 5.95. The van der Waals surface area contributed by atoms with Crippen LogP contribution in [0.3, 0.4) is 0 Å². The zero-order valence-corrected chi connectivity index (χ0v) is 17.6. The molecule has 1 aromatic carbocycles. The first kappa shape index (κ1) is 20.0. The SMILES string of the molecule is C[C@@H]1CCCCN1C(=O)CN1C(=O)S/C(=C\c2ccc(N3CCCC3)cc2)C1=O. The predicted octanol–water partition coefficient (Wildman–Crippen LogP) is 3.72. The van der Waals surface area contributed by atoms with E-state index >= 15 is 0 Å². The molecule has 3 heterocycles. The Kier molecular flexibility index (Phi) is 5.94. The summed E-state index contributed by atoms with van der Waals surface area (Å²) in [5.41, 5.74) is 2.07. The Hall–Kier alpha value is -2.28. The third-order valence-corrected chi connectivity index (χ3v) is 6.86. The van der Waals surface area contributed by atoms with E-state index in [-0.39, 0.29) is 29.6 Å². The van der Waals surface area contributed by atoms with Crippen LogP contribution in [0.2, 0.25) is 0 Å². The predicted molar refractivity (Wildman–Crippen MR) is 116 cm³/mol. The van der Waals surface area contributed by atoms with Crippen LogP contribution >= 0.6 is 11.8 Å². The average Bonchev–Trinajstić information content (AvgIpc) is 3.34. The number of amides is 3. The number of thioether (sulfide) groups is 1. The van der Waals surface area contributed by atoms with Crippen molar-refractivity contribution < 1.29 is 14.4 Å². The number of nitrogens with zero attached hydrogens (tertiary/aromatic N) is 3. The standard InChI is InChI=1S/C22H27N3O3S/c1-16-6-2-3-13-24(16)20(26)15-25-21(27)19(29-22(25)28)14-17-7-9-18(10-8-17)23-11-4-5-12-23/h7-10,14,16H,2-6,11-13,15H2,1H3/b19-14-/t16-/m1/s1. The van der Waals surface area contributed by atoms with E-state index in [4.69, 9.17) is 0 Å². The highest BCUT2D eigenvalue weighted by Gasteiger charge is 2.37. The quantitative estimate of drug-likeness (QED) is 0.704. The zero-order valence-electron chi connectivity index (χ0n) is 16.8. The van der Waals surface area contributed by atoms with Crippen molar-refractivity contribution in [2.45, 2.75) is 45.1 Å². The molecule has 7 heteroatoms. The van der Waals surface area contributed by atoms with Gasteiger partial charge in [0.05, 0.1) is 4.91 Å². The Morgan fingerprint density at radius 1 is 1.07 bits per heavy atom. The molecule has 3 saturated heterocycles. The van der Waals surface area contributed by atoms with Crippen molar-refractivity contribution in [2.24, 2.45) is 0 Å². The molecule has 3 aliphatic rings. The Balaban J connectivity index is 1.42. The molecule has 0 spiro atoms. The fourth-order valence-corrected chi connectivity index (χ4v) is 5.08. The van der Waals surface area contributed by atoms with E-state index in [9.17, 15) is 14.4 Å². The van der Waals surface area contributed by atoms with Gasteiger partial charge in [0.15, 0.2) is 0 Å². The molecule has 0 aromatic heterocycles. The number of benzene rings is 1. The number of hydrogen-bond acceptors (Lipinski definition) is 5. The minimum atomic E-state index is -0.373. The number of hydrogen-bond donors (Lipinski definition) is 0. The number of likely N-dealkylation sites (tertiary alicyclic amines) is 1. The number of imide groups is 1. The second kappa shape index (κ2) is 8.61. The van der Waals surface area contributed by atoms with Gasteiger partial charge in [0.25, 0.3) is 11.1 Å². The molecule has 0 unspecified atom stereocenters. The maximum absolute atomic E-state index is 12.7. The van der Waals surface area contributed by atoms with E-state index in [1.54, 1.807) is 11.0 Å². The van der Waals surface area contributed by atoms with Crippen molar-refractivity contribution in [3.8, 4) is 0 Å². The van der Waals surface area contributed by atoms with Crippen LogP contribution in [0, 0.1) is 0 Å². The second-order valence-corrected chi connectivity index (χ2v) is 8.98. The summed E-state index contributed by atoms with van der Waals surface area (Å²) in [6, 6.07) is 8.23. The fraction of sp³-hybridized carbons (Fsp3) is 0.500. The van der Waals surface area contributed by atoms with Crippen LogP contribution in [0.5, 0.6) is 0 Å². The van der Waals surface area contributed by atoms with Crippen molar-refractivity contribution in [1.29, 1.82) is 0 Å². The van der Waals surface area contributed by atoms with Gasteiger partial charge in [-0.2, -0.15) is 0 Å². The molecule has 0 N–H and O–H groups in total. The van der Waals surface area contributed by atoms with Gasteiger partial charge in [-0.05, 0) is 74.6 Å². The highest BCUT2D eigenvalue weighted by atomic mass is 32.2. The molecular weight excluding hydrogens is 386 g/mol. The van der Waals surface area contributed by atoms with Gasteiger partial charge in [-0.15, -0.1) is 0 Å². The molecule has 0 bridgehead atoms. The minimum absolute atomic E-state index is 0.143. The molecule has 6 nitrogen and oxygen atoms in total. The molecule has 0 aliphatic carbocycles. The lowest BCUT2D eigenvalue weighted by molar-refractivity contribution is -0.138. The Morgan fingerprint density at radius 3 is 2.45 bits per heavy atom. The van der Waals surface area contributed by atoms with E-state index in [2.05, 4.69) is 17.0 Å².